The molecule has 0 bridgehead atoms. The van der Waals surface area contributed by atoms with Crippen LogP contribution < -0.4 is 9.64 Å². The molecule has 1 saturated carbocycles. The summed E-state index contributed by atoms with van der Waals surface area (Å²) in [5.74, 6) is -9.63. The number of aromatic hydroxyl groups is 1. The van der Waals surface area contributed by atoms with Gasteiger partial charge in [-0.25, -0.2) is 4.90 Å². The summed E-state index contributed by atoms with van der Waals surface area (Å²) in [6, 6.07) is 4.75. The summed E-state index contributed by atoms with van der Waals surface area (Å²) < 4.78 is 87.1. The first-order valence-corrected chi connectivity index (χ1v) is 14.5. The number of rotatable bonds is 3. The second kappa shape index (κ2) is 10.1. The van der Waals surface area contributed by atoms with Gasteiger partial charge in [0.25, 0.3) is 11.8 Å². The Balaban J connectivity index is 1.52. The number of nitrogens with zero attached hydrogens (tertiary/aromatic N) is 2. The number of halogens is 8. The number of carbonyl (C=O) groups excluding carboxylic acids is 4. The lowest BCUT2D eigenvalue weighted by molar-refractivity contribution is -0.143. The predicted octanol–water partition coefficient (Wildman–Crippen LogP) is 5.63. The Morgan fingerprint density at radius 2 is 1.52 bits per heavy atom. The summed E-state index contributed by atoms with van der Waals surface area (Å²) in [5, 5.41) is 11.1. The summed E-state index contributed by atoms with van der Waals surface area (Å²) in [6.45, 7) is 0. The molecule has 4 aliphatic rings. The van der Waals surface area contributed by atoms with Gasteiger partial charge in [-0.05, 0) is 43.0 Å². The fourth-order valence-electron chi connectivity index (χ4n) is 7.35. The van der Waals surface area contributed by atoms with Crippen LogP contribution in [-0.4, -0.2) is 57.5 Å². The number of alkyl halides is 8. The van der Waals surface area contributed by atoms with Crippen LogP contribution >= 0.6 is 23.2 Å². The molecule has 2 aliphatic heterocycles. The van der Waals surface area contributed by atoms with Gasteiger partial charge < -0.3 is 9.84 Å². The van der Waals surface area contributed by atoms with Crippen molar-refractivity contribution in [2.45, 2.75) is 40.9 Å². The number of imide groups is 2. The van der Waals surface area contributed by atoms with Gasteiger partial charge in [0.2, 0.25) is 11.8 Å². The number of likely N-dealkylation sites (tertiary alicyclic amines) is 1. The number of hydrogen-bond acceptors (Lipinski definition) is 6. The predicted molar refractivity (Wildman–Crippen MR) is 149 cm³/mol. The van der Waals surface area contributed by atoms with E-state index in [9.17, 15) is 50.6 Å². The number of benzene rings is 2. The maximum atomic E-state index is 14.0. The standard InChI is InChI=1S/C30H22Cl2F6N2O6/c1-39-25(44)27(31)11-18-15(21(28(27,32)26(39)45)17-4-3-5-19(46-2)22(17)41)6-7-16-20(18)24(43)40(23(16)42)14-9-12(29(33,34)35)8-13(10-14)30(36,37)38/h3-6,8-10,16,18,20-21,41H,7,11H2,1-2H3. The molecule has 244 valence electrons. The first-order valence-electron chi connectivity index (χ1n) is 13.7. The monoisotopic (exact) mass is 690 g/mol. The largest absolute Gasteiger partial charge is 0.504 e. The number of phenolic OH excluding ortho intramolecular Hbond substituents is 1. The van der Waals surface area contributed by atoms with Crippen LogP contribution in [0, 0.1) is 17.8 Å². The van der Waals surface area contributed by atoms with Crippen LogP contribution in [-0.2, 0) is 31.5 Å². The van der Waals surface area contributed by atoms with Gasteiger partial charge in [-0.3, -0.25) is 24.1 Å². The van der Waals surface area contributed by atoms with Crippen LogP contribution in [0.15, 0.2) is 48.0 Å². The second-order valence-electron chi connectivity index (χ2n) is 11.7. The summed E-state index contributed by atoms with van der Waals surface area (Å²) in [7, 11) is 2.42. The molecule has 46 heavy (non-hydrogen) atoms. The Kier molecular flexibility index (Phi) is 7.07. The van der Waals surface area contributed by atoms with Crippen LogP contribution in [0.2, 0.25) is 0 Å². The Morgan fingerprint density at radius 1 is 0.913 bits per heavy atom. The molecule has 6 rings (SSSR count). The Labute approximate surface area is 266 Å². The average molecular weight is 691 g/mol. The first-order chi connectivity index (χ1) is 21.3. The SMILES string of the molecule is COc1cccc(C2C3=CCC4C(=O)N(c5cc(C(F)(F)F)cc(C(F)(F)F)c5)C(=O)C4C3CC3(Cl)C(=O)N(C)C(=O)C23Cl)c1O. The molecule has 2 aromatic carbocycles. The van der Waals surface area contributed by atoms with Crippen molar-refractivity contribution in [1.29, 1.82) is 0 Å². The van der Waals surface area contributed by atoms with E-state index in [1.54, 1.807) is 0 Å². The molecule has 3 fully saturated rings. The van der Waals surface area contributed by atoms with Crippen LogP contribution in [0.1, 0.15) is 35.4 Å². The second-order valence-corrected chi connectivity index (χ2v) is 12.9. The molecule has 16 heteroatoms. The van der Waals surface area contributed by atoms with E-state index in [4.69, 9.17) is 27.9 Å². The third-order valence-electron chi connectivity index (χ3n) is 9.41. The topological polar surface area (TPSA) is 104 Å². The minimum atomic E-state index is -5.24. The molecule has 8 nitrogen and oxygen atoms in total. The van der Waals surface area contributed by atoms with Crippen molar-refractivity contribution in [1.82, 2.24) is 4.90 Å². The van der Waals surface area contributed by atoms with Crippen molar-refractivity contribution in [2.75, 3.05) is 19.1 Å². The number of ether oxygens (including phenoxy) is 1. The van der Waals surface area contributed by atoms with E-state index in [1.807, 2.05) is 0 Å². The molecule has 2 aromatic rings. The number of anilines is 1. The highest BCUT2D eigenvalue weighted by atomic mass is 35.5. The maximum Gasteiger partial charge on any atom is 0.416 e. The van der Waals surface area contributed by atoms with Gasteiger partial charge in [0.05, 0.1) is 35.8 Å². The molecule has 2 aliphatic carbocycles. The number of amides is 4. The van der Waals surface area contributed by atoms with Gasteiger partial charge in [0.1, 0.15) is 0 Å². The molecule has 4 amide bonds. The highest BCUT2D eigenvalue weighted by Crippen LogP contribution is 2.66. The highest BCUT2D eigenvalue weighted by molar-refractivity contribution is 6.53. The zero-order valence-corrected chi connectivity index (χ0v) is 25.2. The highest BCUT2D eigenvalue weighted by Gasteiger charge is 2.76. The molecular formula is C30H22Cl2F6N2O6. The van der Waals surface area contributed by atoms with Gasteiger partial charge >= 0.3 is 12.4 Å². The zero-order chi connectivity index (χ0) is 33.9. The van der Waals surface area contributed by atoms with Crippen LogP contribution in [0.5, 0.6) is 11.5 Å². The van der Waals surface area contributed by atoms with Crippen molar-refractivity contribution < 1.29 is 55.4 Å². The van der Waals surface area contributed by atoms with Crippen molar-refractivity contribution in [2.24, 2.45) is 17.8 Å². The van der Waals surface area contributed by atoms with Gasteiger partial charge in [-0.2, -0.15) is 26.3 Å². The van der Waals surface area contributed by atoms with Crippen molar-refractivity contribution >= 4 is 52.5 Å². The van der Waals surface area contributed by atoms with E-state index in [0.717, 1.165) is 11.9 Å². The minimum absolute atomic E-state index is 0.00607. The van der Waals surface area contributed by atoms with Crippen LogP contribution in [0.25, 0.3) is 0 Å². The smallest absolute Gasteiger partial charge is 0.416 e. The van der Waals surface area contributed by atoms with Gasteiger partial charge in [0.15, 0.2) is 21.2 Å². The third kappa shape index (κ3) is 4.21. The van der Waals surface area contributed by atoms with E-state index in [2.05, 4.69) is 0 Å². The van der Waals surface area contributed by atoms with Crippen LogP contribution in [0.4, 0.5) is 32.0 Å². The van der Waals surface area contributed by atoms with E-state index in [1.165, 1.54) is 31.4 Å². The van der Waals surface area contributed by atoms with Crippen molar-refractivity contribution in [3.05, 3.63) is 64.7 Å². The van der Waals surface area contributed by atoms with Crippen LogP contribution in [0.3, 0.4) is 0 Å². The van der Waals surface area contributed by atoms with Crippen molar-refractivity contribution in [3.8, 4) is 11.5 Å². The third-order valence-corrected chi connectivity index (χ3v) is 10.8. The van der Waals surface area contributed by atoms with Gasteiger partial charge in [0, 0.05) is 18.5 Å². The summed E-state index contributed by atoms with van der Waals surface area (Å²) in [6.07, 6.45) is -9.69. The summed E-state index contributed by atoms with van der Waals surface area (Å²) >= 11 is 14.1. The number of methoxy groups -OCH3 is 1. The lowest BCUT2D eigenvalue weighted by atomic mass is 9.56. The Bertz CT molecular complexity index is 1730. The van der Waals surface area contributed by atoms with Gasteiger partial charge in [-0.1, -0.05) is 23.8 Å². The molecule has 2 heterocycles. The molecule has 1 N–H and O–H groups in total. The molecule has 0 radical (unpaired) electrons. The zero-order valence-electron chi connectivity index (χ0n) is 23.7. The molecule has 0 aromatic heterocycles. The molecular weight excluding hydrogens is 669 g/mol. The first kappa shape index (κ1) is 32.2. The van der Waals surface area contributed by atoms with E-state index in [0.29, 0.717) is 4.90 Å². The number of allylic oxidation sites excluding steroid dienone is 2. The summed E-state index contributed by atoms with van der Waals surface area (Å²) in [5.41, 5.74) is -4.11. The number of phenols is 1. The maximum absolute atomic E-state index is 14.0. The number of fused-ring (bicyclic) bond motifs is 4. The summed E-state index contributed by atoms with van der Waals surface area (Å²) in [4.78, 5) is 51.4. The Hall–Kier alpha value is -3.78. The van der Waals surface area contributed by atoms with E-state index in [-0.39, 0.29) is 41.5 Å². The fourth-order valence-corrected chi connectivity index (χ4v) is 8.36. The quantitative estimate of drug-likeness (QED) is 0.194. The van der Waals surface area contributed by atoms with E-state index >= 15 is 0 Å². The molecule has 6 atom stereocenters. The number of hydrogen-bond donors (Lipinski definition) is 1. The molecule has 6 unspecified atom stereocenters. The normalized spacial score (nSPS) is 31.1. The fraction of sp³-hybridized carbons (Fsp3) is 0.400. The average Bonchev–Trinajstić information content (AvgIpc) is 3.31. The Morgan fingerprint density at radius 3 is 2.09 bits per heavy atom. The number of para-hydroxylation sites is 1. The number of carbonyl (C=O) groups is 4. The lowest BCUT2D eigenvalue weighted by Gasteiger charge is -2.50. The minimum Gasteiger partial charge on any atom is -0.504 e. The van der Waals surface area contributed by atoms with E-state index < -0.39 is 98.4 Å². The molecule has 2 saturated heterocycles. The molecule has 0 spiro atoms. The van der Waals surface area contributed by atoms with Gasteiger partial charge in [-0.15, -0.1) is 23.2 Å². The van der Waals surface area contributed by atoms with Crippen molar-refractivity contribution in [3.63, 3.8) is 0 Å². The lowest BCUT2D eigenvalue weighted by Crippen LogP contribution is -2.60.